The molecule has 3 fully saturated rings. The van der Waals surface area contributed by atoms with Crippen molar-refractivity contribution >= 4 is 23.4 Å². The molecule has 2 atom stereocenters. The molecule has 1 saturated carbocycles. The molecule has 7 nitrogen and oxygen atoms in total. The molecule has 1 aromatic heterocycles. The van der Waals surface area contributed by atoms with Crippen LogP contribution in [0.2, 0.25) is 5.02 Å². The van der Waals surface area contributed by atoms with Gasteiger partial charge in [-0.05, 0) is 62.8 Å². The Balaban J connectivity index is 1.25. The Morgan fingerprint density at radius 2 is 1.67 bits per heavy atom. The molecule has 0 bridgehead atoms. The number of benzene rings is 1. The van der Waals surface area contributed by atoms with E-state index in [1.54, 1.807) is 12.1 Å². The van der Waals surface area contributed by atoms with E-state index in [9.17, 15) is 9.59 Å². The van der Waals surface area contributed by atoms with Crippen molar-refractivity contribution in [1.29, 1.82) is 0 Å². The Labute approximate surface area is 199 Å². The zero-order valence-corrected chi connectivity index (χ0v) is 19.7. The topological polar surface area (TPSA) is 79.5 Å². The van der Waals surface area contributed by atoms with E-state index in [1.807, 2.05) is 21.9 Å². The van der Waals surface area contributed by atoms with Crippen molar-refractivity contribution in [3.8, 4) is 11.4 Å². The fourth-order valence-corrected chi connectivity index (χ4v) is 5.70. The minimum atomic E-state index is -0.314. The number of hydrogen-bond donors (Lipinski definition) is 0. The number of piperidine rings is 1. The summed E-state index contributed by atoms with van der Waals surface area (Å²) in [6.07, 6.45) is 8.86. The quantitative estimate of drug-likeness (QED) is 0.648. The van der Waals surface area contributed by atoms with Crippen LogP contribution in [0.3, 0.4) is 0 Å². The smallest absolute Gasteiger partial charge is 0.245 e. The molecule has 5 rings (SSSR count). The average molecular weight is 471 g/mol. The van der Waals surface area contributed by atoms with Gasteiger partial charge in [0, 0.05) is 36.1 Å². The first-order chi connectivity index (χ1) is 16.1. The van der Waals surface area contributed by atoms with E-state index in [0.29, 0.717) is 29.8 Å². The molecule has 0 unspecified atom stereocenters. The molecule has 2 saturated heterocycles. The standard InChI is InChI=1S/C25H31ClN4O3/c26-20-12-10-17(11-13-20)22-27-23(33-28-22)19-8-4-14-29(16-19)25(32)21-9-5-15-30(21)24(31)18-6-2-1-3-7-18/h10-13,18-19,21H,1-9,14-16H2/t19-,21-/m0/s1. The molecule has 1 aromatic carbocycles. The van der Waals surface area contributed by atoms with Crippen molar-refractivity contribution in [2.75, 3.05) is 19.6 Å². The summed E-state index contributed by atoms with van der Waals surface area (Å²) in [6.45, 7) is 1.98. The van der Waals surface area contributed by atoms with Crippen molar-refractivity contribution in [3.05, 3.63) is 35.2 Å². The first-order valence-corrected chi connectivity index (χ1v) is 12.7. The highest BCUT2D eigenvalue weighted by molar-refractivity contribution is 6.30. The van der Waals surface area contributed by atoms with Crippen LogP contribution in [0.4, 0.5) is 0 Å². The maximum Gasteiger partial charge on any atom is 0.245 e. The molecule has 176 valence electrons. The maximum atomic E-state index is 13.5. The van der Waals surface area contributed by atoms with Gasteiger partial charge in [-0.15, -0.1) is 0 Å². The monoisotopic (exact) mass is 470 g/mol. The van der Waals surface area contributed by atoms with E-state index >= 15 is 0 Å². The van der Waals surface area contributed by atoms with Gasteiger partial charge in [0.05, 0.1) is 5.92 Å². The second-order valence-electron chi connectivity index (χ2n) is 9.61. The maximum absolute atomic E-state index is 13.5. The minimum Gasteiger partial charge on any atom is -0.340 e. The van der Waals surface area contributed by atoms with Crippen LogP contribution in [0, 0.1) is 5.92 Å². The minimum absolute atomic E-state index is 0.0140. The Hall–Kier alpha value is -2.41. The van der Waals surface area contributed by atoms with Crippen LogP contribution in [0.1, 0.15) is 69.6 Å². The summed E-state index contributed by atoms with van der Waals surface area (Å²) in [5.74, 6) is 1.50. The van der Waals surface area contributed by atoms with Gasteiger partial charge < -0.3 is 14.3 Å². The molecule has 8 heteroatoms. The van der Waals surface area contributed by atoms with Crippen molar-refractivity contribution in [3.63, 3.8) is 0 Å². The fraction of sp³-hybridized carbons (Fsp3) is 0.600. The number of likely N-dealkylation sites (tertiary alicyclic amines) is 2. The van der Waals surface area contributed by atoms with Gasteiger partial charge in [-0.25, -0.2) is 0 Å². The highest BCUT2D eigenvalue weighted by Gasteiger charge is 2.40. The van der Waals surface area contributed by atoms with Gasteiger partial charge in [0.1, 0.15) is 6.04 Å². The van der Waals surface area contributed by atoms with Crippen molar-refractivity contribution in [1.82, 2.24) is 19.9 Å². The third-order valence-electron chi connectivity index (χ3n) is 7.40. The number of amides is 2. The van der Waals surface area contributed by atoms with Gasteiger partial charge in [0.25, 0.3) is 0 Å². The number of aromatic nitrogens is 2. The lowest BCUT2D eigenvalue weighted by atomic mass is 9.88. The summed E-state index contributed by atoms with van der Waals surface area (Å²) >= 11 is 5.97. The summed E-state index contributed by atoms with van der Waals surface area (Å²) in [5, 5.41) is 4.80. The molecule has 2 amide bonds. The fourth-order valence-electron chi connectivity index (χ4n) is 5.58. The number of nitrogens with zero attached hydrogens (tertiary/aromatic N) is 4. The van der Waals surface area contributed by atoms with Crippen LogP contribution in [-0.4, -0.2) is 57.4 Å². The van der Waals surface area contributed by atoms with Gasteiger partial charge in [-0.2, -0.15) is 4.98 Å². The van der Waals surface area contributed by atoms with Crippen LogP contribution < -0.4 is 0 Å². The van der Waals surface area contributed by atoms with E-state index in [-0.39, 0.29) is 29.7 Å². The molecule has 33 heavy (non-hydrogen) atoms. The Morgan fingerprint density at radius 3 is 2.45 bits per heavy atom. The summed E-state index contributed by atoms with van der Waals surface area (Å²) in [5.41, 5.74) is 0.848. The third-order valence-corrected chi connectivity index (χ3v) is 7.65. The van der Waals surface area contributed by atoms with Crippen LogP contribution in [-0.2, 0) is 9.59 Å². The largest absolute Gasteiger partial charge is 0.340 e. The second-order valence-corrected chi connectivity index (χ2v) is 10.0. The normalized spacial score (nSPS) is 24.3. The lowest BCUT2D eigenvalue weighted by Gasteiger charge is -2.36. The molecule has 0 radical (unpaired) electrons. The third kappa shape index (κ3) is 4.79. The number of rotatable bonds is 4. The summed E-state index contributed by atoms with van der Waals surface area (Å²) in [7, 11) is 0. The van der Waals surface area contributed by atoms with Gasteiger partial charge >= 0.3 is 0 Å². The van der Waals surface area contributed by atoms with E-state index in [2.05, 4.69) is 10.1 Å². The molecule has 1 aliphatic carbocycles. The Kier molecular flexibility index (Phi) is 6.67. The van der Waals surface area contributed by atoms with Crippen molar-refractivity contribution in [2.45, 2.75) is 69.7 Å². The molecular formula is C25H31ClN4O3. The molecule has 0 spiro atoms. The Morgan fingerprint density at radius 1 is 0.909 bits per heavy atom. The van der Waals surface area contributed by atoms with Crippen LogP contribution >= 0.6 is 11.6 Å². The molecule has 0 N–H and O–H groups in total. The first-order valence-electron chi connectivity index (χ1n) is 12.3. The lowest BCUT2D eigenvalue weighted by molar-refractivity contribution is -0.147. The molecule has 3 heterocycles. The predicted octanol–water partition coefficient (Wildman–Crippen LogP) is 4.67. The first kappa shape index (κ1) is 22.4. The van der Waals surface area contributed by atoms with Gasteiger partial charge in [-0.1, -0.05) is 36.0 Å². The zero-order chi connectivity index (χ0) is 22.8. The summed E-state index contributed by atoms with van der Waals surface area (Å²) in [6, 6.07) is 7.02. The number of carbonyl (C=O) groups is 2. The number of carbonyl (C=O) groups excluding carboxylic acids is 2. The van der Waals surface area contributed by atoms with Crippen LogP contribution in [0.5, 0.6) is 0 Å². The van der Waals surface area contributed by atoms with Crippen LogP contribution in [0.15, 0.2) is 28.8 Å². The average Bonchev–Trinajstić information content (AvgIpc) is 3.55. The van der Waals surface area contributed by atoms with E-state index in [1.165, 1.54) is 6.42 Å². The van der Waals surface area contributed by atoms with Crippen molar-refractivity contribution in [2.24, 2.45) is 5.92 Å². The molecule has 2 aliphatic heterocycles. The number of hydrogen-bond acceptors (Lipinski definition) is 5. The zero-order valence-electron chi connectivity index (χ0n) is 18.9. The summed E-state index contributed by atoms with van der Waals surface area (Å²) in [4.78, 5) is 35.0. The van der Waals surface area contributed by atoms with Gasteiger partial charge in [0.2, 0.25) is 23.5 Å². The predicted molar refractivity (Wildman–Crippen MR) is 125 cm³/mol. The van der Waals surface area contributed by atoms with E-state index < -0.39 is 0 Å². The van der Waals surface area contributed by atoms with Gasteiger partial charge in [0.15, 0.2) is 0 Å². The lowest BCUT2D eigenvalue weighted by Crippen LogP contribution is -2.51. The molecule has 2 aromatic rings. The molecular weight excluding hydrogens is 440 g/mol. The van der Waals surface area contributed by atoms with Gasteiger partial charge in [-0.3, -0.25) is 9.59 Å². The second kappa shape index (κ2) is 9.84. The number of halogens is 1. The highest BCUT2D eigenvalue weighted by atomic mass is 35.5. The SMILES string of the molecule is O=C([C@@H]1CCCN1C(=O)C1CCCCC1)N1CCC[C@H](c2nc(-c3ccc(Cl)cc3)no2)C1. The van der Waals surface area contributed by atoms with Crippen LogP contribution in [0.25, 0.3) is 11.4 Å². The molecule has 3 aliphatic rings. The van der Waals surface area contributed by atoms with E-state index in [4.69, 9.17) is 16.1 Å². The summed E-state index contributed by atoms with van der Waals surface area (Å²) < 4.78 is 5.58. The van der Waals surface area contributed by atoms with Crippen molar-refractivity contribution < 1.29 is 14.1 Å². The Bertz CT molecular complexity index is 986. The highest BCUT2D eigenvalue weighted by Crippen LogP contribution is 2.32. The van der Waals surface area contributed by atoms with E-state index in [0.717, 1.165) is 63.5 Å².